The second kappa shape index (κ2) is 5.55. The van der Waals surface area contributed by atoms with E-state index in [0.29, 0.717) is 4.88 Å². The molecule has 1 aliphatic rings. The number of hydrogen-bond donors (Lipinski definition) is 2. The highest BCUT2D eigenvalue weighted by atomic mass is 32.1. The largest absolute Gasteiger partial charge is 0.374 e. The summed E-state index contributed by atoms with van der Waals surface area (Å²) in [7, 11) is 0. The maximum atomic E-state index is 12.3. The van der Waals surface area contributed by atoms with Crippen LogP contribution in [0.2, 0.25) is 0 Å². The predicted octanol–water partition coefficient (Wildman–Crippen LogP) is 1.88. The number of rotatable bonds is 4. The Morgan fingerprint density at radius 2 is 2.33 bits per heavy atom. The molecule has 1 amide bonds. The van der Waals surface area contributed by atoms with Gasteiger partial charge in [-0.05, 0) is 24.3 Å². The van der Waals surface area contributed by atoms with Gasteiger partial charge in [-0.3, -0.25) is 4.79 Å². The first-order valence-corrected chi connectivity index (χ1v) is 7.05. The van der Waals surface area contributed by atoms with Gasteiger partial charge in [-0.2, -0.15) is 0 Å². The first-order chi connectivity index (χ1) is 8.69. The molecule has 0 aromatic carbocycles. The van der Waals surface area contributed by atoms with E-state index in [1.54, 1.807) is 0 Å². The van der Waals surface area contributed by atoms with Crippen LogP contribution in [0, 0.1) is 18.3 Å². The Bertz CT molecular complexity index is 443. The van der Waals surface area contributed by atoms with Crippen molar-refractivity contribution in [3.63, 3.8) is 0 Å². The third-order valence-electron chi connectivity index (χ3n) is 3.54. The Balaban J connectivity index is 2.27. The molecule has 0 radical (unpaired) electrons. The summed E-state index contributed by atoms with van der Waals surface area (Å²) >= 11 is 1.42. The fourth-order valence-corrected chi connectivity index (χ4v) is 3.50. The van der Waals surface area contributed by atoms with Gasteiger partial charge in [0.2, 0.25) is 0 Å². The average molecular weight is 263 g/mol. The molecule has 0 aliphatic heterocycles. The average Bonchev–Trinajstić information content (AvgIpc) is 3.05. The van der Waals surface area contributed by atoms with E-state index in [1.807, 2.05) is 17.5 Å². The molecule has 1 atom stereocenters. The minimum Gasteiger partial charge on any atom is -0.374 e. The molecule has 1 aliphatic carbocycles. The SMILES string of the molecule is C#CCNC(=O)C(O)(c1cccs1)C1CCCC1. The molecule has 18 heavy (non-hydrogen) atoms. The first kappa shape index (κ1) is 13.1. The Hall–Kier alpha value is -1.31. The van der Waals surface area contributed by atoms with Gasteiger partial charge < -0.3 is 10.4 Å². The Labute approximate surface area is 111 Å². The molecule has 0 spiro atoms. The van der Waals surface area contributed by atoms with Crippen LogP contribution in [0.15, 0.2) is 17.5 Å². The van der Waals surface area contributed by atoms with Gasteiger partial charge in [-0.15, -0.1) is 17.8 Å². The molecule has 0 bridgehead atoms. The summed E-state index contributed by atoms with van der Waals surface area (Å²) in [5.74, 6) is 2.00. The predicted molar refractivity (Wildman–Crippen MR) is 72.0 cm³/mol. The molecule has 1 aromatic rings. The lowest BCUT2D eigenvalue weighted by atomic mass is 9.83. The number of amides is 1. The summed E-state index contributed by atoms with van der Waals surface area (Å²) in [6, 6.07) is 3.67. The van der Waals surface area contributed by atoms with Gasteiger partial charge >= 0.3 is 0 Å². The quantitative estimate of drug-likeness (QED) is 0.815. The summed E-state index contributed by atoms with van der Waals surface area (Å²) in [5, 5.41) is 15.4. The fourth-order valence-electron chi connectivity index (χ4n) is 2.60. The molecule has 1 aromatic heterocycles. The van der Waals surface area contributed by atoms with Gasteiger partial charge in [-0.1, -0.05) is 24.8 Å². The highest BCUT2D eigenvalue weighted by Crippen LogP contribution is 2.42. The molecule has 3 nitrogen and oxygen atoms in total. The molecule has 2 N–H and O–H groups in total. The maximum Gasteiger partial charge on any atom is 0.258 e. The number of terminal acetylenes is 1. The molecule has 1 heterocycles. The van der Waals surface area contributed by atoms with Crippen LogP contribution >= 0.6 is 11.3 Å². The van der Waals surface area contributed by atoms with Crippen LogP contribution in [0.25, 0.3) is 0 Å². The van der Waals surface area contributed by atoms with Gasteiger partial charge in [0.1, 0.15) is 0 Å². The standard InChI is InChI=1S/C14H17NO2S/c1-2-9-15-13(16)14(17,11-6-3-4-7-11)12-8-5-10-18-12/h1,5,8,10-11,17H,3-4,6-7,9H2,(H,15,16). The highest BCUT2D eigenvalue weighted by Gasteiger charge is 2.46. The van der Waals surface area contributed by atoms with Crippen LogP contribution in [-0.4, -0.2) is 17.6 Å². The van der Waals surface area contributed by atoms with Crippen LogP contribution in [0.3, 0.4) is 0 Å². The van der Waals surface area contributed by atoms with E-state index in [-0.39, 0.29) is 18.4 Å². The molecule has 2 rings (SSSR count). The molecular weight excluding hydrogens is 246 g/mol. The number of nitrogens with one attached hydrogen (secondary N) is 1. The smallest absolute Gasteiger partial charge is 0.258 e. The lowest BCUT2D eigenvalue weighted by Gasteiger charge is -2.31. The summed E-state index contributed by atoms with van der Waals surface area (Å²) in [4.78, 5) is 13.0. The summed E-state index contributed by atoms with van der Waals surface area (Å²) in [6.07, 6.45) is 9.06. The Kier molecular flexibility index (Phi) is 4.05. The lowest BCUT2D eigenvalue weighted by Crippen LogP contribution is -2.48. The third kappa shape index (κ3) is 2.29. The highest BCUT2D eigenvalue weighted by molar-refractivity contribution is 7.10. The van der Waals surface area contributed by atoms with Crippen LogP contribution in [0.4, 0.5) is 0 Å². The zero-order valence-electron chi connectivity index (χ0n) is 10.2. The molecule has 1 saturated carbocycles. The monoisotopic (exact) mass is 263 g/mol. The molecule has 1 unspecified atom stereocenters. The zero-order chi connectivity index (χ0) is 13.0. The minimum absolute atomic E-state index is 0.00563. The van der Waals surface area contributed by atoms with E-state index in [1.165, 1.54) is 11.3 Å². The van der Waals surface area contributed by atoms with Crippen LogP contribution < -0.4 is 5.32 Å². The lowest BCUT2D eigenvalue weighted by molar-refractivity contribution is -0.146. The minimum atomic E-state index is -1.42. The van der Waals surface area contributed by atoms with Gasteiger partial charge in [-0.25, -0.2) is 0 Å². The summed E-state index contributed by atoms with van der Waals surface area (Å²) in [5.41, 5.74) is -1.42. The number of carbonyl (C=O) groups is 1. The van der Waals surface area contributed by atoms with Crippen LogP contribution in [0.5, 0.6) is 0 Å². The second-order valence-electron chi connectivity index (χ2n) is 4.61. The van der Waals surface area contributed by atoms with E-state index in [4.69, 9.17) is 6.42 Å². The zero-order valence-corrected chi connectivity index (χ0v) is 11.0. The van der Waals surface area contributed by atoms with Gasteiger partial charge in [0.25, 0.3) is 5.91 Å². The van der Waals surface area contributed by atoms with Crippen molar-refractivity contribution < 1.29 is 9.90 Å². The van der Waals surface area contributed by atoms with Crippen LogP contribution in [-0.2, 0) is 10.4 Å². The van der Waals surface area contributed by atoms with Gasteiger partial charge in [0.05, 0.1) is 6.54 Å². The number of carbonyl (C=O) groups excluding carboxylic acids is 1. The van der Waals surface area contributed by atoms with Crippen LogP contribution in [0.1, 0.15) is 30.6 Å². The topological polar surface area (TPSA) is 49.3 Å². The molecule has 4 heteroatoms. The van der Waals surface area contributed by atoms with Gasteiger partial charge in [0.15, 0.2) is 5.60 Å². The van der Waals surface area contributed by atoms with Crippen molar-refractivity contribution >= 4 is 17.2 Å². The normalized spacial score (nSPS) is 19.1. The molecule has 96 valence electrons. The summed E-state index contributed by atoms with van der Waals surface area (Å²) < 4.78 is 0. The second-order valence-corrected chi connectivity index (χ2v) is 5.56. The van der Waals surface area contributed by atoms with Crippen molar-refractivity contribution in [3.05, 3.63) is 22.4 Å². The molecular formula is C14H17NO2S. The fraction of sp³-hybridized carbons (Fsp3) is 0.500. The molecule has 1 fully saturated rings. The Morgan fingerprint density at radius 1 is 1.61 bits per heavy atom. The van der Waals surface area contributed by atoms with E-state index in [0.717, 1.165) is 25.7 Å². The van der Waals surface area contributed by atoms with Crippen molar-refractivity contribution in [1.82, 2.24) is 5.32 Å². The van der Waals surface area contributed by atoms with Crippen molar-refractivity contribution in [2.24, 2.45) is 5.92 Å². The Morgan fingerprint density at radius 3 is 2.89 bits per heavy atom. The van der Waals surface area contributed by atoms with Gasteiger partial charge in [0, 0.05) is 10.8 Å². The summed E-state index contributed by atoms with van der Waals surface area (Å²) in [6.45, 7) is 0.152. The van der Waals surface area contributed by atoms with Crippen molar-refractivity contribution in [2.45, 2.75) is 31.3 Å². The van der Waals surface area contributed by atoms with Crippen molar-refractivity contribution in [3.8, 4) is 12.3 Å². The number of aliphatic hydroxyl groups is 1. The van der Waals surface area contributed by atoms with E-state index in [2.05, 4.69) is 11.2 Å². The molecule has 0 saturated heterocycles. The number of hydrogen-bond acceptors (Lipinski definition) is 3. The van der Waals surface area contributed by atoms with E-state index in [9.17, 15) is 9.90 Å². The van der Waals surface area contributed by atoms with E-state index >= 15 is 0 Å². The van der Waals surface area contributed by atoms with Crippen molar-refractivity contribution in [1.29, 1.82) is 0 Å². The number of thiophene rings is 1. The first-order valence-electron chi connectivity index (χ1n) is 6.17. The maximum absolute atomic E-state index is 12.3. The van der Waals surface area contributed by atoms with Crippen molar-refractivity contribution in [2.75, 3.05) is 6.54 Å². The van der Waals surface area contributed by atoms with E-state index < -0.39 is 5.60 Å². The third-order valence-corrected chi connectivity index (χ3v) is 4.53.